The minimum absolute atomic E-state index is 0.00212. The molecule has 2 aromatic heterocycles. The Balaban J connectivity index is 0.000000275. The predicted molar refractivity (Wildman–Crippen MR) is 447 cm³/mol. The number of H-pyrrole nitrogens is 2. The molecule has 2 unspecified atom stereocenters. The van der Waals surface area contributed by atoms with Crippen LogP contribution in [0.1, 0.15) is 107 Å². The van der Waals surface area contributed by atoms with E-state index in [1.54, 1.807) is 36.7 Å². The van der Waals surface area contributed by atoms with Gasteiger partial charge in [0.05, 0.1) is 32.4 Å². The molecule has 44 heteroatoms. The van der Waals surface area contributed by atoms with Crippen molar-refractivity contribution in [1.29, 1.82) is 5.41 Å². The molecule has 0 spiro atoms. The van der Waals surface area contributed by atoms with Gasteiger partial charge < -0.3 is 111 Å². The summed E-state index contributed by atoms with van der Waals surface area (Å²) in [6, 6.07) is 7.09. The first-order valence-corrected chi connectivity index (χ1v) is 44.1. The van der Waals surface area contributed by atoms with Gasteiger partial charge in [-0.25, -0.2) is 0 Å². The number of amides is 16. The number of hydrogen-bond donors (Lipinski definition) is 20. The number of anilines is 1. The van der Waals surface area contributed by atoms with Gasteiger partial charge in [-0.05, 0) is 86.1 Å². The van der Waals surface area contributed by atoms with Crippen LogP contribution in [0, 0.1) is 11.3 Å². The van der Waals surface area contributed by atoms with Crippen LogP contribution < -0.4 is 81.0 Å². The van der Waals surface area contributed by atoms with Gasteiger partial charge in [0.15, 0.2) is 0 Å². The Hall–Kier alpha value is -11.9. The number of carbonyl (C=O) groups excluding carboxylic acids is 16. The van der Waals surface area contributed by atoms with E-state index in [1.807, 2.05) is 24.3 Å². The summed E-state index contributed by atoms with van der Waals surface area (Å²) >= 11 is 0. The van der Waals surface area contributed by atoms with Crippen molar-refractivity contribution in [3.63, 3.8) is 0 Å². The second-order valence-corrected chi connectivity index (χ2v) is 34.5. The number of nitrogens with zero attached hydrogens (tertiary/aromatic N) is 2. The van der Waals surface area contributed by atoms with Crippen LogP contribution >= 0.6 is 43.2 Å². The number of aromatic amines is 2. The number of carboxylic acids is 2. The van der Waals surface area contributed by atoms with Crippen molar-refractivity contribution in [2.45, 2.75) is 163 Å². The number of primary amides is 2. The maximum absolute atomic E-state index is 14.4. The molecule has 0 bridgehead atoms. The van der Waals surface area contributed by atoms with Gasteiger partial charge >= 0.3 is 11.9 Å². The van der Waals surface area contributed by atoms with Crippen LogP contribution in [0.2, 0.25) is 0 Å². The van der Waals surface area contributed by atoms with Crippen LogP contribution in [0.15, 0.2) is 85.2 Å². The second-order valence-electron chi connectivity index (χ2n) is 29.2. The molecule has 5 fully saturated rings. The van der Waals surface area contributed by atoms with Crippen molar-refractivity contribution in [2.24, 2.45) is 23.1 Å². The molecule has 0 radical (unpaired) electrons. The third-order valence-corrected chi connectivity index (χ3v) is 25.3. The number of aliphatic carboxylic acids is 2. The summed E-state index contributed by atoms with van der Waals surface area (Å²) in [7, 11) is 4.72. The van der Waals surface area contributed by atoms with Crippen LogP contribution in [-0.2, 0) is 99.1 Å². The molecule has 6 heterocycles. The number of fused-ring (bicyclic) bond motifs is 4. The van der Waals surface area contributed by atoms with Gasteiger partial charge in [0.2, 0.25) is 94.5 Å². The van der Waals surface area contributed by atoms with Crippen molar-refractivity contribution in [3.8, 4) is 0 Å². The van der Waals surface area contributed by atoms with Gasteiger partial charge in [-0.2, -0.15) is 0 Å². The normalized spacial score (nSPS) is 23.8. The van der Waals surface area contributed by atoms with Crippen molar-refractivity contribution in [3.05, 3.63) is 102 Å². The highest BCUT2D eigenvalue weighted by Gasteiger charge is 2.43. The van der Waals surface area contributed by atoms with E-state index in [-0.39, 0.29) is 98.8 Å². The smallest absolute Gasteiger partial charge is 0.305 e. The second kappa shape index (κ2) is 45.5. The van der Waals surface area contributed by atoms with Gasteiger partial charge in [-0.3, -0.25) is 91.7 Å². The fraction of sp³-hybridized carbons (Fsp3) is 0.468. The molecular weight excluding hydrogens is 1650 g/mol. The van der Waals surface area contributed by atoms with Gasteiger partial charge in [0, 0.05) is 120 Å². The van der Waals surface area contributed by atoms with Gasteiger partial charge in [0.1, 0.15) is 66.3 Å². The standard InChI is InChI=1S/C39H47N11O10S2.C38H51N9O10S2/c40-34(41)20-7-9-22(10-8-20)45-31(52)15-25-36(57)44-18-32(53)47-26(16-33(54)55)37(58)48-27(14-21-17-43-24-5-2-1-4-23(21)24)39(60)50-12-3-6-29(50)38(59)49-28(35(42)56)19-62-61-13-11-30(51)46-25;39-33(52)28-20-59-58-14-12-30(48)44-27(18-41-34(53)21-7-2-1-3-8-21)35(54)42-19-31(49)43-25(16-32(50)51)36(55)45-26(15-22-17-40-24-10-5-4-9-23(22)24)38(57)47-13-6-11-29(47)37(56)46-28/h1-2,4-5,7-10,17,25-29,43H,3,6,11-16,18-19H2,(H3,40,41)(H2,42,56)(H,44,57)(H,45,52)(H,46,51)(H,47,53)(H,48,58)(H,49,59)(H,54,55);4-5,9-10,17,21,25-29,40H,1-3,6-8,11-16,18-20H2,(H2,39,52)(H,41,53)(H,42,54)(H,43,49)(H,44,48)(H,45,55)(H,46,56)(H,50,51)/t2*25-,26-,27-,28?,29-/m00/s1. The topological polar surface area (TPSA) is 632 Å². The Bertz CT molecular complexity index is 4700. The Morgan fingerprint density at radius 1 is 0.463 bits per heavy atom. The number of nitrogens with two attached hydrogens (primary N) is 3. The number of aromatic nitrogens is 2. The summed E-state index contributed by atoms with van der Waals surface area (Å²) in [5.74, 6) is -15.1. The first-order chi connectivity index (χ1) is 57.9. The fourth-order valence-corrected chi connectivity index (χ4v) is 18.5. The number of para-hydroxylation sites is 2. The average molecular weight is 1750 g/mol. The van der Waals surface area contributed by atoms with Crippen LogP contribution in [0.3, 0.4) is 0 Å². The predicted octanol–water partition coefficient (Wildman–Crippen LogP) is -1.99. The molecule has 650 valence electrons. The van der Waals surface area contributed by atoms with Crippen molar-refractivity contribution in [2.75, 3.05) is 61.1 Å². The van der Waals surface area contributed by atoms with Gasteiger partial charge in [-0.15, -0.1) is 0 Å². The third kappa shape index (κ3) is 27.8. The van der Waals surface area contributed by atoms with E-state index in [2.05, 4.69) is 73.8 Å². The lowest BCUT2D eigenvalue weighted by Gasteiger charge is -2.30. The average Bonchev–Trinajstić information content (AvgIpc) is 1.67. The number of nitrogen functional groups attached to an aromatic ring is 1. The Morgan fingerprint density at radius 3 is 1.34 bits per heavy atom. The van der Waals surface area contributed by atoms with E-state index in [9.17, 15) is 96.5 Å². The van der Waals surface area contributed by atoms with E-state index in [1.165, 1.54) is 66.4 Å². The maximum Gasteiger partial charge on any atom is 0.305 e. The van der Waals surface area contributed by atoms with Crippen molar-refractivity contribution < 1.29 is 96.5 Å². The summed E-state index contributed by atoms with van der Waals surface area (Å²) in [4.78, 5) is 246. The Morgan fingerprint density at radius 2 is 0.893 bits per heavy atom. The van der Waals surface area contributed by atoms with E-state index >= 15 is 0 Å². The van der Waals surface area contributed by atoms with Crippen LogP contribution in [0.25, 0.3) is 21.8 Å². The lowest BCUT2D eigenvalue weighted by molar-refractivity contribution is -0.143. The molecule has 10 atom stereocenters. The zero-order valence-electron chi connectivity index (χ0n) is 65.6. The van der Waals surface area contributed by atoms with Gasteiger partial charge in [0.25, 0.3) is 0 Å². The first-order valence-electron chi connectivity index (χ1n) is 39.1. The summed E-state index contributed by atoms with van der Waals surface area (Å²) < 4.78 is 0. The highest BCUT2D eigenvalue weighted by atomic mass is 33.1. The van der Waals surface area contributed by atoms with E-state index in [0.717, 1.165) is 51.9 Å². The van der Waals surface area contributed by atoms with Crippen LogP contribution in [-0.4, -0.2) is 258 Å². The molecule has 5 aromatic rings. The number of rotatable bonds is 17. The maximum atomic E-state index is 14.4. The molecule has 4 aliphatic heterocycles. The van der Waals surface area contributed by atoms with Crippen molar-refractivity contribution in [1.82, 2.24) is 78.3 Å². The minimum atomic E-state index is -1.75. The molecule has 4 saturated heterocycles. The zero-order chi connectivity index (χ0) is 87.4. The number of amidine groups is 1. The minimum Gasteiger partial charge on any atom is -0.481 e. The summed E-state index contributed by atoms with van der Waals surface area (Å²) in [5, 5.41) is 58.6. The fourth-order valence-electron chi connectivity index (χ4n) is 14.2. The van der Waals surface area contributed by atoms with Crippen LogP contribution in [0.4, 0.5) is 5.69 Å². The Kier molecular flexibility index (Phi) is 34.9. The van der Waals surface area contributed by atoms with E-state index in [4.69, 9.17) is 22.6 Å². The molecule has 5 aliphatic rings. The number of carbonyl (C=O) groups is 18. The van der Waals surface area contributed by atoms with Crippen molar-refractivity contribution >= 4 is 183 Å². The highest BCUT2D eigenvalue weighted by molar-refractivity contribution is 8.77. The highest BCUT2D eigenvalue weighted by Crippen LogP contribution is 2.30. The largest absolute Gasteiger partial charge is 0.481 e. The molecular formula is C77H98N20O20S4. The molecule has 23 N–H and O–H groups in total. The molecule has 3 aromatic carbocycles. The number of nitrogens with one attached hydrogen (secondary N) is 15. The lowest BCUT2D eigenvalue weighted by atomic mass is 9.88. The first kappa shape index (κ1) is 92.9. The number of carboxylic acid groups (broad SMARTS) is 2. The van der Waals surface area contributed by atoms with Gasteiger partial charge in [-0.1, -0.05) is 98.8 Å². The quantitative estimate of drug-likeness (QED) is 0.0272. The van der Waals surface area contributed by atoms with E-state index in [0.29, 0.717) is 48.1 Å². The summed E-state index contributed by atoms with van der Waals surface area (Å²) in [6.45, 7) is -1.54. The molecule has 1 saturated carbocycles. The van der Waals surface area contributed by atoms with E-state index < -0.39 is 193 Å². The SMILES string of the molecule is N=C(N)c1ccc(NC(=O)C[C@@H]2NC(=O)CCSSCC(C(N)=O)NC(=O)[C@@H]3CCCN3C(=O)[C@H](Cc3c[nH]c4ccccc34)NC(=O)[C@H](CC(=O)O)NC(=O)CNC2=O)cc1.NC(=O)C1CSSCCC(=O)N[C@@H](CNC(=O)C2CCCCC2)C(=O)NCC(=O)N[C@@H](CC(=O)O)C(=O)N[C@@H](Cc2c[nH]c3ccccc23)C(=O)N2CCC[C@H]2C(=O)N1. The number of benzene rings is 3. The monoisotopic (exact) mass is 1750 g/mol. The molecule has 40 nitrogen and oxygen atoms in total. The molecule has 121 heavy (non-hydrogen) atoms. The summed E-state index contributed by atoms with van der Waals surface area (Å²) in [6.07, 6.45) is 6.06. The Labute approximate surface area is 708 Å². The van der Waals surface area contributed by atoms with Crippen LogP contribution in [0.5, 0.6) is 0 Å². The summed E-state index contributed by atoms with van der Waals surface area (Å²) in [5.41, 5.74) is 20.2. The number of hydrogen-bond acceptors (Lipinski definition) is 23. The molecule has 16 amide bonds. The lowest BCUT2D eigenvalue weighted by Crippen LogP contribution is -2.59. The third-order valence-electron chi connectivity index (χ3n) is 20.4. The molecule has 10 rings (SSSR count). The zero-order valence-corrected chi connectivity index (χ0v) is 68.9. The molecule has 1 aliphatic carbocycles.